The third-order valence-electron chi connectivity index (χ3n) is 2.61. The molecule has 0 amide bonds. The van der Waals surface area contributed by atoms with Gasteiger partial charge in [0.05, 0.1) is 12.2 Å². The van der Waals surface area contributed by atoms with E-state index in [4.69, 9.17) is 15.6 Å². The summed E-state index contributed by atoms with van der Waals surface area (Å²) in [5, 5.41) is 8.75. The summed E-state index contributed by atoms with van der Waals surface area (Å²) in [7, 11) is 0. The zero-order chi connectivity index (χ0) is 8.01. The lowest BCUT2D eigenvalue weighted by Gasteiger charge is -2.20. The molecule has 4 heteroatoms. The number of carboxylic acids is 1. The second-order valence-electron chi connectivity index (χ2n) is 3.23. The SMILES string of the molecule is N[C@@H]1[C@H](C(=O)O)[C@H]2CC[C@@H]1O2. The smallest absolute Gasteiger partial charge is 0.310 e. The summed E-state index contributed by atoms with van der Waals surface area (Å²) in [6.07, 6.45) is 1.67. The Bertz CT molecular complexity index is 192. The lowest BCUT2D eigenvalue weighted by molar-refractivity contribution is -0.143. The van der Waals surface area contributed by atoms with Crippen LogP contribution in [0.15, 0.2) is 0 Å². The molecule has 0 aromatic carbocycles. The van der Waals surface area contributed by atoms with Gasteiger partial charge in [-0.3, -0.25) is 4.79 Å². The third kappa shape index (κ3) is 0.862. The largest absolute Gasteiger partial charge is 0.481 e. The van der Waals surface area contributed by atoms with Crippen molar-refractivity contribution in [1.29, 1.82) is 0 Å². The molecule has 0 radical (unpaired) electrons. The minimum absolute atomic E-state index is 0.00102. The Morgan fingerprint density at radius 2 is 2.09 bits per heavy atom. The topological polar surface area (TPSA) is 72.6 Å². The maximum absolute atomic E-state index is 10.6. The molecular weight excluding hydrogens is 146 g/mol. The minimum atomic E-state index is -0.815. The van der Waals surface area contributed by atoms with Gasteiger partial charge in [-0.2, -0.15) is 0 Å². The van der Waals surface area contributed by atoms with Crippen molar-refractivity contribution < 1.29 is 14.6 Å². The average molecular weight is 157 g/mol. The lowest BCUT2D eigenvalue weighted by Crippen LogP contribution is -2.43. The van der Waals surface area contributed by atoms with Gasteiger partial charge in [-0.15, -0.1) is 0 Å². The molecule has 0 aliphatic carbocycles. The van der Waals surface area contributed by atoms with E-state index < -0.39 is 11.9 Å². The van der Waals surface area contributed by atoms with Crippen molar-refractivity contribution >= 4 is 5.97 Å². The van der Waals surface area contributed by atoms with Crippen molar-refractivity contribution in [3.8, 4) is 0 Å². The molecule has 3 N–H and O–H groups in total. The lowest BCUT2D eigenvalue weighted by atomic mass is 9.85. The van der Waals surface area contributed by atoms with Crippen LogP contribution in [-0.2, 0) is 9.53 Å². The van der Waals surface area contributed by atoms with Crippen LogP contribution >= 0.6 is 0 Å². The molecule has 2 rings (SSSR count). The Morgan fingerprint density at radius 3 is 2.45 bits per heavy atom. The van der Waals surface area contributed by atoms with Gasteiger partial charge in [0.25, 0.3) is 0 Å². The average Bonchev–Trinajstić information content (AvgIpc) is 2.44. The van der Waals surface area contributed by atoms with E-state index >= 15 is 0 Å². The number of hydrogen-bond acceptors (Lipinski definition) is 3. The molecule has 2 saturated heterocycles. The molecule has 62 valence electrons. The standard InChI is InChI=1S/C7H11NO3/c8-6-4-2-1-3(11-4)5(6)7(9)10/h3-6H,1-2,8H2,(H,9,10)/t3-,4+,5-,6+/m1/s1. The fraction of sp³-hybridized carbons (Fsp3) is 0.857. The molecule has 4 atom stereocenters. The van der Waals surface area contributed by atoms with E-state index in [1.807, 2.05) is 0 Å². The maximum atomic E-state index is 10.6. The summed E-state index contributed by atoms with van der Waals surface area (Å²) in [5.74, 6) is -1.28. The van der Waals surface area contributed by atoms with Crippen LogP contribution in [0.4, 0.5) is 0 Å². The third-order valence-corrected chi connectivity index (χ3v) is 2.61. The monoisotopic (exact) mass is 157 g/mol. The highest BCUT2D eigenvalue weighted by Gasteiger charge is 2.50. The molecule has 2 bridgehead atoms. The van der Waals surface area contributed by atoms with Crippen LogP contribution in [0.1, 0.15) is 12.8 Å². The molecule has 0 aromatic heterocycles. The van der Waals surface area contributed by atoms with Gasteiger partial charge in [0.15, 0.2) is 0 Å². The van der Waals surface area contributed by atoms with Gasteiger partial charge >= 0.3 is 5.97 Å². The molecule has 4 nitrogen and oxygen atoms in total. The van der Waals surface area contributed by atoms with Gasteiger partial charge in [-0.05, 0) is 12.8 Å². The molecule has 2 fully saturated rings. The van der Waals surface area contributed by atoms with Crippen molar-refractivity contribution in [3.63, 3.8) is 0 Å². The van der Waals surface area contributed by atoms with E-state index in [0.29, 0.717) is 0 Å². The second kappa shape index (κ2) is 2.19. The fourth-order valence-corrected chi connectivity index (χ4v) is 2.04. The Balaban J connectivity index is 2.17. The van der Waals surface area contributed by atoms with Crippen LogP contribution in [0.2, 0.25) is 0 Å². The van der Waals surface area contributed by atoms with Crippen LogP contribution in [0.3, 0.4) is 0 Å². The Hall–Kier alpha value is -0.610. The van der Waals surface area contributed by atoms with E-state index in [0.717, 1.165) is 12.8 Å². The Labute approximate surface area is 64.3 Å². The number of carboxylic acid groups (broad SMARTS) is 1. The van der Waals surface area contributed by atoms with Crippen molar-refractivity contribution in [3.05, 3.63) is 0 Å². The summed E-state index contributed by atoms with van der Waals surface area (Å²) in [6.45, 7) is 0. The van der Waals surface area contributed by atoms with Gasteiger partial charge in [-0.1, -0.05) is 0 Å². The molecular formula is C7H11NO3. The first kappa shape index (κ1) is 7.06. The van der Waals surface area contributed by atoms with Crippen LogP contribution in [0, 0.1) is 5.92 Å². The number of carbonyl (C=O) groups is 1. The summed E-state index contributed by atoms with van der Waals surface area (Å²) in [5.41, 5.74) is 5.66. The van der Waals surface area contributed by atoms with Crippen LogP contribution in [-0.4, -0.2) is 29.3 Å². The summed E-state index contributed by atoms with van der Waals surface area (Å²) < 4.78 is 5.35. The van der Waals surface area contributed by atoms with E-state index in [1.54, 1.807) is 0 Å². The maximum Gasteiger partial charge on any atom is 0.310 e. The summed E-state index contributed by atoms with van der Waals surface area (Å²) >= 11 is 0. The number of nitrogens with two attached hydrogens (primary N) is 1. The van der Waals surface area contributed by atoms with E-state index in [-0.39, 0.29) is 18.2 Å². The zero-order valence-corrected chi connectivity index (χ0v) is 6.06. The molecule has 0 aromatic rings. The minimum Gasteiger partial charge on any atom is -0.481 e. The van der Waals surface area contributed by atoms with Crippen molar-refractivity contribution in [2.75, 3.05) is 0 Å². The molecule has 11 heavy (non-hydrogen) atoms. The molecule has 2 heterocycles. The van der Waals surface area contributed by atoms with Crippen molar-refractivity contribution in [2.45, 2.75) is 31.1 Å². The normalized spacial score (nSPS) is 48.1. The number of aliphatic carboxylic acids is 1. The van der Waals surface area contributed by atoms with Crippen molar-refractivity contribution in [1.82, 2.24) is 0 Å². The predicted octanol–water partition coefficient (Wildman–Crippen LogP) is -0.424. The number of rotatable bonds is 1. The second-order valence-corrected chi connectivity index (χ2v) is 3.23. The van der Waals surface area contributed by atoms with Crippen LogP contribution in [0.25, 0.3) is 0 Å². The first-order valence-corrected chi connectivity index (χ1v) is 3.84. The number of fused-ring (bicyclic) bond motifs is 2. The molecule has 2 aliphatic heterocycles. The highest BCUT2D eigenvalue weighted by atomic mass is 16.5. The van der Waals surface area contributed by atoms with Gasteiger partial charge in [0.1, 0.15) is 5.92 Å². The summed E-state index contributed by atoms with van der Waals surface area (Å²) in [6, 6.07) is -0.286. The van der Waals surface area contributed by atoms with E-state index in [1.165, 1.54) is 0 Å². The number of ether oxygens (including phenoxy) is 1. The molecule has 0 spiro atoms. The first-order chi connectivity index (χ1) is 5.20. The highest BCUT2D eigenvalue weighted by Crippen LogP contribution is 2.37. The molecule has 0 unspecified atom stereocenters. The molecule has 2 aliphatic rings. The van der Waals surface area contributed by atoms with E-state index in [2.05, 4.69) is 0 Å². The van der Waals surface area contributed by atoms with E-state index in [9.17, 15) is 4.79 Å². The zero-order valence-electron chi connectivity index (χ0n) is 6.06. The van der Waals surface area contributed by atoms with Crippen molar-refractivity contribution in [2.24, 2.45) is 11.7 Å². The van der Waals surface area contributed by atoms with Crippen LogP contribution < -0.4 is 5.73 Å². The summed E-state index contributed by atoms with van der Waals surface area (Å²) in [4.78, 5) is 10.6. The fourth-order valence-electron chi connectivity index (χ4n) is 2.04. The van der Waals surface area contributed by atoms with Crippen LogP contribution in [0.5, 0.6) is 0 Å². The Kier molecular flexibility index (Phi) is 1.40. The predicted molar refractivity (Wildman–Crippen MR) is 37.0 cm³/mol. The first-order valence-electron chi connectivity index (χ1n) is 3.84. The quantitative estimate of drug-likeness (QED) is 0.542. The highest BCUT2D eigenvalue weighted by molar-refractivity contribution is 5.72. The van der Waals surface area contributed by atoms with Gasteiger partial charge in [0.2, 0.25) is 0 Å². The van der Waals surface area contributed by atoms with Gasteiger partial charge in [0, 0.05) is 6.04 Å². The Morgan fingerprint density at radius 1 is 1.45 bits per heavy atom. The van der Waals surface area contributed by atoms with Gasteiger partial charge in [-0.25, -0.2) is 0 Å². The molecule has 0 saturated carbocycles. The van der Waals surface area contributed by atoms with Gasteiger partial charge < -0.3 is 15.6 Å². The number of hydrogen-bond donors (Lipinski definition) is 2.